The van der Waals surface area contributed by atoms with E-state index in [1.807, 2.05) is 0 Å². The van der Waals surface area contributed by atoms with Gasteiger partial charge < -0.3 is 25.3 Å². The first-order valence-electron chi connectivity index (χ1n) is 10.6. The van der Waals surface area contributed by atoms with Crippen LogP contribution in [0.15, 0.2) is 71.6 Å². The Morgan fingerprint density at radius 3 is 2.60 bits per heavy atom. The van der Waals surface area contributed by atoms with Gasteiger partial charge in [0, 0.05) is 12.2 Å². The number of carbonyl (C=O) groups excluding carboxylic acids is 2. The lowest BCUT2D eigenvalue weighted by molar-refractivity contribution is -0.129. The monoisotopic (exact) mass is 497 g/mol. The summed E-state index contributed by atoms with van der Waals surface area (Å²) in [5, 5.41) is 2.69. The van der Waals surface area contributed by atoms with Crippen molar-refractivity contribution in [3.05, 3.63) is 77.9 Å². The predicted molar refractivity (Wildman–Crippen MR) is 127 cm³/mol. The standard InChI is InChI=1S/C24H23N3O7S/c1-15(23(28)26-13-16-9-10-21-22(11-16)33-14-32-21)34-24(29)19-7-2-3-8-20(19)27-35(30,31)18-6-4-5-17(25)12-18/h2-12,15,27H,13-14,25H2,1H3,(H,26,28)/t15-/m1/s1. The third-order valence-corrected chi connectivity index (χ3v) is 6.48. The van der Waals surface area contributed by atoms with Crippen molar-refractivity contribution in [2.75, 3.05) is 17.2 Å². The molecule has 0 saturated carbocycles. The maximum atomic E-state index is 12.8. The number of nitrogens with one attached hydrogen (secondary N) is 2. The Bertz CT molecular complexity index is 1380. The second kappa shape index (κ2) is 9.94. The Morgan fingerprint density at radius 2 is 1.80 bits per heavy atom. The van der Waals surface area contributed by atoms with Gasteiger partial charge in [-0.25, -0.2) is 13.2 Å². The lowest BCUT2D eigenvalue weighted by atomic mass is 10.2. The number of hydrogen-bond acceptors (Lipinski definition) is 8. The number of ether oxygens (including phenoxy) is 3. The molecule has 0 aliphatic carbocycles. The van der Waals surface area contributed by atoms with Gasteiger partial charge >= 0.3 is 5.97 Å². The fourth-order valence-corrected chi connectivity index (χ4v) is 4.43. The van der Waals surface area contributed by atoms with Crippen molar-refractivity contribution in [3.63, 3.8) is 0 Å². The highest BCUT2D eigenvalue weighted by molar-refractivity contribution is 7.92. The molecule has 0 aromatic heterocycles. The van der Waals surface area contributed by atoms with Gasteiger partial charge in [0.15, 0.2) is 17.6 Å². The molecule has 0 unspecified atom stereocenters. The van der Waals surface area contributed by atoms with Crippen molar-refractivity contribution in [1.82, 2.24) is 5.32 Å². The van der Waals surface area contributed by atoms with Crippen molar-refractivity contribution in [2.24, 2.45) is 0 Å². The highest BCUT2D eigenvalue weighted by Gasteiger charge is 2.23. The molecule has 4 N–H and O–H groups in total. The van der Waals surface area contributed by atoms with Gasteiger partial charge in [-0.3, -0.25) is 9.52 Å². The van der Waals surface area contributed by atoms with Gasteiger partial charge in [0.05, 0.1) is 16.1 Å². The van der Waals surface area contributed by atoms with Crippen LogP contribution in [0.25, 0.3) is 0 Å². The number of nitrogens with two attached hydrogens (primary N) is 1. The number of rotatable bonds is 8. The van der Waals surface area contributed by atoms with Crippen LogP contribution in [0.4, 0.5) is 11.4 Å². The Labute approximate surface area is 202 Å². The summed E-state index contributed by atoms with van der Waals surface area (Å²) in [6, 6.07) is 17.0. The minimum absolute atomic E-state index is 0.00731. The predicted octanol–water partition coefficient (Wildman–Crippen LogP) is 2.66. The van der Waals surface area contributed by atoms with Crippen molar-refractivity contribution < 1.29 is 32.2 Å². The van der Waals surface area contributed by atoms with Crippen LogP contribution in [0.1, 0.15) is 22.8 Å². The van der Waals surface area contributed by atoms with Crippen LogP contribution < -0.4 is 25.2 Å². The van der Waals surface area contributed by atoms with E-state index < -0.39 is 28.0 Å². The van der Waals surface area contributed by atoms with Gasteiger partial charge in [0.25, 0.3) is 15.9 Å². The molecule has 1 heterocycles. The number of esters is 1. The van der Waals surface area contributed by atoms with Crippen molar-refractivity contribution in [1.29, 1.82) is 0 Å². The maximum absolute atomic E-state index is 12.8. The Kier molecular flexibility index (Phi) is 6.78. The van der Waals surface area contributed by atoms with Crippen molar-refractivity contribution in [3.8, 4) is 11.5 Å². The molecule has 1 aliphatic rings. The average Bonchev–Trinajstić information content (AvgIpc) is 3.30. The summed E-state index contributed by atoms with van der Waals surface area (Å²) in [6.45, 7) is 1.76. The summed E-state index contributed by atoms with van der Waals surface area (Å²) in [4.78, 5) is 25.2. The van der Waals surface area contributed by atoms with Crippen LogP contribution in [-0.4, -0.2) is 33.2 Å². The van der Waals surface area contributed by atoms with Crippen LogP contribution in [0, 0.1) is 0 Å². The smallest absolute Gasteiger partial charge is 0.341 e. The SMILES string of the molecule is C[C@@H](OC(=O)c1ccccc1NS(=O)(=O)c1cccc(N)c1)C(=O)NCc1ccc2c(c1)OCO2. The van der Waals surface area contributed by atoms with E-state index in [0.29, 0.717) is 11.5 Å². The van der Waals surface area contributed by atoms with Crippen LogP contribution in [0.5, 0.6) is 11.5 Å². The second-order valence-corrected chi connectivity index (χ2v) is 9.36. The summed E-state index contributed by atoms with van der Waals surface area (Å²) >= 11 is 0. The first kappa shape index (κ1) is 23.9. The summed E-state index contributed by atoms with van der Waals surface area (Å²) in [5.74, 6) is -0.156. The number of amides is 1. The van der Waals surface area contributed by atoms with Crippen molar-refractivity contribution >= 4 is 33.3 Å². The molecule has 1 atom stereocenters. The number of benzene rings is 3. The summed E-state index contributed by atoms with van der Waals surface area (Å²) in [6.07, 6.45) is -1.13. The van der Waals surface area contributed by atoms with Crippen LogP contribution in [0.3, 0.4) is 0 Å². The highest BCUT2D eigenvalue weighted by atomic mass is 32.2. The van der Waals surface area contributed by atoms with E-state index in [4.69, 9.17) is 19.9 Å². The molecule has 1 amide bonds. The van der Waals surface area contributed by atoms with E-state index in [0.717, 1.165) is 5.56 Å². The number of anilines is 2. The molecule has 10 nitrogen and oxygen atoms in total. The molecule has 0 saturated heterocycles. The fourth-order valence-electron chi connectivity index (χ4n) is 3.30. The van der Waals surface area contributed by atoms with E-state index in [1.165, 1.54) is 37.3 Å². The second-order valence-electron chi connectivity index (χ2n) is 7.68. The number of nitrogen functional groups attached to an aromatic ring is 1. The lowest BCUT2D eigenvalue weighted by Crippen LogP contribution is -2.35. The number of sulfonamides is 1. The van der Waals surface area contributed by atoms with E-state index >= 15 is 0 Å². The first-order chi connectivity index (χ1) is 16.7. The molecule has 4 rings (SSSR count). The average molecular weight is 498 g/mol. The number of hydrogen-bond donors (Lipinski definition) is 3. The van der Waals surface area contributed by atoms with Gasteiger partial charge in [0.2, 0.25) is 6.79 Å². The van der Waals surface area contributed by atoms with Gasteiger partial charge in [-0.1, -0.05) is 24.3 Å². The number of fused-ring (bicyclic) bond motifs is 1. The Hall–Kier alpha value is -4.25. The molecule has 35 heavy (non-hydrogen) atoms. The van der Waals surface area contributed by atoms with E-state index in [9.17, 15) is 18.0 Å². The lowest BCUT2D eigenvalue weighted by Gasteiger charge is -2.16. The minimum atomic E-state index is -4.02. The quantitative estimate of drug-likeness (QED) is 0.318. The van der Waals surface area contributed by atoms with Gasteiger partial charge in [-0.05, 0) is 55.0 Å². The molecule has 3 aromatic carbocycles. The Morgan fingerprint density at radius 1 is 1.03 bits per heavy atom. The molecule has 0 bridgehead atoms. The van der Waals surface area contributed by atoms with E-state index in [1.54, 1.807) is 36.4 Å². The third-order valence-electron chi connectivity index (χ3n) is 5.12. The molecule has 0 spiro atoms. The molecular weight excluding hydrogens is 474 g/mol. The molecular formula is C24H23N3O7S. The van der Waals surface area contributed by atoms with E-state index in [-0.39, 0.29) is 35.2 Å². The molecule has 11 heteroatoms. The normalized spacial score (nSPS) is 13.1. The Balaban J connectivity index is 1.40. The largest absolute Gasteiger partial charge is 0.454 e. The van der Waals surface area contributed by atoms with Crippen LogP contribution >= 0.6 is 0 Å². The maximum Gasteiger partial charge on any atom is 0.341 e. The zero-order chi connectivity index (χ0) is 25.0. The minimum Gasteiger partial charge on any atom is -0.454 e. The van der Waals surface area contributed by atoms with Gasteiger partial charge in [-0.2, -0.15) is 0 Å². The van der Waals surface area contributed by atoms with Gasteiger partial charge in [0.1, 0.15) is 0 Å². The molecule has 182 valence electrons. The molecule has 1 aliphatic heterocycles. The number of carbonyl (C=O) groups is 2. The molecule has 0 radical (unpaired) electrons. The molecule has 3 aromatic rings. The highest BCUT2D eigenvalue weighted by Crippen LogP contribution is 2.32. The number of para-hydroxylation sites is 1. The zero-order valence-corrected chi connectivity index (χ0v) is 19.5. The zero-order valence-electron chi connectivity index (χ0n) is 18.7. The van der Waals surface area contributed by atoms with Crippen molar-refractivity contribution in [2.45, 2.75) is 24.5 Å². The third kappa shape index (κ3) is 5.64. The summed E-state index contributed by atoms with van der Waals surface area (Å²) in [7, 11) is -4.02. The molecule has 0 fully saturated rings. The van der Waals surface area contributed by atoms with Crippen LogP contribution in [-0.2, 0) is 26.1 Å². The van der Waals surface area contributed by atoms with Gasteiger partial charge in [-0.15, -0.1) is 0 Å². The summed E-state index contributed by atoms with van der Waals surface area (Å²) < 4.78 is 43.7. The van der Waals surface area contributed by atoms with Crippen LogP contribution in [0.2, 0.25) is 0 Å². The first-order valence-corrected chi connectivity index (χ1v) is 12.1. The summed E-state index contributed by atoms with van der Waals surface area (Å²) in [5.41, 5.74) is 6.70. The fraction of sp³-hybridized carbons (Fsp3) is 0.167. The topological polar surface area (TPSA) is 146 Å². The van der Waals surface area contributed by atoms with E-state index in [2.05, 4.69) is 10.0 Å².